The number of hydrogen-bond donors (Lipinski definition) is 1. The van der Waals surface area contributed by atoms with Crippen LogP contribution in [0.2, 0.25) is 5.15 Å². The molecule has 0 unspecified atom stereocenters. The van der Waals surface area contributed by atoms with Gasteiger partial charge in [-0.05, 0) is 30.4 Å². The standard InChI is InChI=1S/C16H16ClN5O2S/c1-25(23,24)13-4-11(10-2-3-10)7-22-8-12(21-16(13)22)6-18-15-5-14(17)19-9-20-15/h4-5,7-10H,2-3,6H2,1H3,(H,18,19,20). The van der Waals surface area contributed by atoms with Crippen LogP contribution in [0.3, 0.4) is 0 Å². The molecule has 0 saturated heterocycles. The normalized spacial score (nSPS) is 14.8. The van der Waals surface area contributed by atoms with E-state index in [-0.39, 0.29) is 4.90 Å². The molecule has 4 rings (SSSR count). The number of halogens is 1. The minimum atomic E-state index is -3.36. The van der Waals surface area contributed by atoms with Crippen molar-refractivity contribution in [1.29, 1.82) is 0 Å². The summed E-state index contributed by atoms with van der Waals surface area (Å²) in [6.07, 6.45) is 8.61. The maximum Gasteiger partial charge on any atom is 0.179 e. The van der Waals surface area contributed by atoms with Gasteiger partial charge in [0, 0.05) is 24.7 Å². The van der Waals surface area contributed by atoms with Crippen molar-refractivity contribution in [2.45, 2.75) is 30.2 Å². The molecule has 0 aliphatic heterocycles. The molecule has 130 valence electrons. The highest BCUT2D eigenvalue weighted by Gasteiger charge is 2.27. The fourth-order valence-electron chi connectivity index (χ4n) is 2.75. The Balaban J connectivity index is 1.69. The fraction of sp³-hybridized carbons (Fsp3) is 0.312. The van der Waals surface area contributed by atoms with Crippen molar-refractivity contribution in [2.75, 3.05) is 11.6 Å². The SMILES string of the molecule is CS(=O)(=O)c1cc(C2CC2)cn2cc(CNc3cc(Cl)ncn3)nc12. The number of rotatable bonds is 5. The van der Waals surface area contributed by atoms with Gasteiger partial charge in [-0.1, -0.05) is 11.6 Å². The second-order valence-electron chi connectivity index (χ2n) is 6.23. The number of hydrogen-bond acceptors (Lipinski definition) is 6. The Morgan fingerprint density at radius 2 is 2.08 bits per heavy atom. The lowest BCUT2D eigenvalue weighted by molar-refractivity contribution is 0.602. The number of fused-ring (bicyclic) bond motifs is 1. The summed E-state index contributed by atoms with van der Waals surface area (Å²) in [6, 6.07) is 3.38. The lowest BCUT2D eigenvalue weighted by Gasteiger charge is -2.05. The minimum absolute atomic E-state index is 0.272. The third-order valence-electron chi connectivity index (χ3n) is 4.12. The first kappa shape index (κ1) is 16.3. The van der Waals surface area contributed by atoms with Gasteiger partial charge >= 0.3 is 0 Å². The van der Waals surface area contributed by atoms with Gasteiger partial charge in [-0.3, -0.25) is 0 Å². The first-order valence-electron chi connectivity index (χ1n) is 7.83. The van der Waals surface area contributed by atoms with Gasteiger partial charge in [0.15, 0.2) is 15.5 Å². The third-order valence-corrected chi connectivity index (χ3v) is 5.43. The van der Waals surface area contributed by atoms with Gasteiger partial charge in [-0.2, -0.15) is 0 Å². The number of nitrogens with one attached hydrogen (secondary N) is 1. The second-order valence-corrected chi connectivity index (χ2v) is 8.60. The molecule has 0 radical (unpaired) electrons. The molecular formula is C16H16ClN5O2S. The number of pyridine rings is 1. The molecule has 1 saturated carbocycles. The first-order chi connectivity index (χ1) is 11.9. The van der Waals surface area contributed by atoms with Crippen molar-refractivity contribution in [2.24, 2.45) is 0 Å². The Kier molecular flexibility index (Phi) is 3.88. The summed E-state index contributed by atoms with van der Waals surface area (Å²) < 4.78 is 26.1. The van der Waals surface area contributed by atoms with E-state index in [0.717, 1.165) is 18.4 Å². The summed E-state index contributed by atoms with van der Waals surface area (Å²) in [5.74, 6) is 1.04. The van der Waals surface area contributed by atoms with Crippen LogP contribution in [0.15, 0.2) is 35.7 Å². The molecule has 1 N–H and O–H groups in total. The van der Waals surface area contributed by atoms with Gasteiger partial charge in [0.05, 0.1) is 12.2 Å². The molecule has 3 aromatic rings. The zero-order chi connectivity index (χ0) is 17.6. The van der Waals surface area contributed by atoms with Crippen LogP contribution >= 0.6 is 11.6 Å². The third kappa shape index (κ3) is 3.45. The Morgan fingerprint density at radius 3 is 2.76 bits per heavy atom. The van der Waals surface area contributed by atoms with Gasteiger partial charge in [-0.25, -0.2) is 23.4 Å². The van der Waals surface area contributed by atoms with Crippen molar-refractivity contribution < 1.29 is 8.42 Å². The molecular weight excluding hydrogens is 362 g/mol. The van der Waals surface area contributed by atoms with E-state index < -0.39 is 9.84 Å². The van der Waals surface area contributed by atoms with E-state index in [4.69, 9.17) is 11.6 Å². The molecule has 1 fully saturated rings. The summed E-state index contributed by atoms with van der Waals surface area (Å²) in [7, 11) is -3.36. The number of imidazole rings is 1. The predicted molar refractivity (Wildman–Crippen MR) is 94.6 cm³/mol. The molecule has 0 bridgehead atoms. The Bertz CT molecular complexity index is 1060. The Hall–Kier alpha value is -2.19. The molecule has 1 aliphatic rings. The maximum absolute atomic E-state index is 12.2. The molecule has 25 heavy (non-hydrogen) atoms. The van der Waals surface area contributed by atoms with Crippen molar-refractivity contribution in [3.8, 4) is 0 Å². The maximum atomic E-state index is 12.2. The van der Waals surface area contributed by atoms with Crippen molar-refractivity contribution >= 4 is 32.9 Å². The Labute approximate surface area is 150 Å². The summed E-state index contributed by atoms with van der Waals surface area (Å²) in [6.45, 7) is 0.400. The summed E-state index contributed by atoms with van der Waals surface area (Å²) in [5.41, 5.74) is 2.21. The van der Waals surface area contributed by atoms with E-state index >= 15 is 0 Å². The number of nitrogens with zero attached hydrogens (tertiary/aromatic N) is 4. The van der Waals surface area contributed by atoms with Crippen LogP contribution in [0, 0.1) is 0 Å². The van der Waals surface area contributed by atoms with Crippen molar-refractivity contribution in [3.05, 3.63) is 47.3 Å². The zero-order valence-corrected chi connectivity index (χ0v) is 15.0. The number of sulfone groups is 1. The van der Waals surface area contributed by atoms with Crippen LogP contribution in [-0.2, 0) is 16.4 Å². The van der Waals surface area contributed by atoms with Gasteiger partial charge in [-0.15, -0.1) is 0 Å². The van der Waals surface area contributed by atoms with Gasteiger partial charge in [0.1, 0.15) is 22.2 Å². The van der Waals surface area contributed by atoms with E-state index in [1.165, 1.54) is 12.6 Å². The summed E-state index contributed by atoms with van der Waals surface area (Å²) in [4.78, 5) is 12.7. The van der Waals surface area contributed by atoms with E-state index in [1.54, 1.807) is 16.5 Å². The predicted octanol–water partition coefficient (Wildman–Crippen LogP) is 2.67. The Morgan fingerprint density at radius 1 is 1.28 bits per heavy atom. The van der Waals surface area contributed by atoms with Crippen LogP contribution in [0.4, 0.5) is 5.82 Å². The summed E-state index contributed by atoms with van der Waals surface area (Å²) >= 11 is 5.84. The monoisotopic (exact) mass is 377 g/mol. The van der Waals surface area contributed by atoms with E-state index in [0.29, 0.717) is 34.8 Å². The molecule has 0 spiro atoms. The lowest BCUT2D eigenvalue weighted by atomic mass is 10.2. The highest BCUT2D eigenvalue weighted by Crippen LogP contribution is 2.41. The lowest BCUT2D eigenvalue weighted by Crippen LogP contribution is -2.03. The molecule has 0 atom stereocenters. The quantitative estimate of drug-likeness (QED) is 0.687. The van der Waals surface area contributed by atoms with Crippen molar-refractivity contribution in [1.82, 2.24) is 19.4 Å². The van der Waals surface area contributed by atoms with Crippen LogP contribution in [0.5, 0.6) is 0 Å². The highest BCUT2D eigenvalue weighted by atomic mass is 35.5. The van der Waals surface area contributed by atoms with Gasteiger partial charge < -0.3 is 9.72 Å². The fourth-order valence-corrected chi connectivity index (χ4v) is 3.73. The van der Waals surface area contributed by atoms with Crippen LogP contribution in [-0.4, -0.2) is 34.0 Å². The average Bonchev–Trinajstić information content (AvgIpc) is 3.31. The molecule has 0 aromatic carbocycles. The molecule has 1 aliphatic carbocycles. The van der Waals surface area contributed by atoms with Crippen LogP contribution in [0.25, 0.3) is 5.65 Å². The largest absolute Gasteiger partial charge is 0.364 e. The second kappa shape index (κ2) is 5.96. The van der Waals surface area contributed by atoms with E-state index in [2.05, 4.69) is 20.3 Å². The summed E-state index contributed by atoms with van der Waals surface area (Å²) in [5, 5.41) is 3.46. The van der Waals surface area contributed by atoms with E-state index in [9.17, 15) is 8.42 Å². The van der Waals surface area contributed by atoms with Crippen LogP contribution < -0.4 is 5.32 Å². The molecule has 3 aromatic heterocycles. The molecule has 9 heteroatoms. The first-order valence-corrected chi connectivity index (χ1v) is 10.1. The smallest absolute Gasteiger partial charge is 0.179 e. The van der Waals surface area contributed by atoms with Crippen molar-refractivity contribution in [3.63, 3.8) is 0 Å². The number of aromatic nitrogens is 4. The topological polar surface area (TPSA) is 89.2 Å². The molecule has 7 nitrogen and oxygen atoms in total. The van der Waals surface area contributed by atoms with E-state index in [1.807, 2.05) is 12.4 Å². The molecule has 0 amide bonds. The van der Waals surface area contributed by atoms with Crippen LogP contribution in [0.1, 0.15) is 30.0 Å². The minimum Gasteiger partial charge on any atom is -0.364 e. The molecule has 3 heterocycles. The zero-order valence-electron chi connectivity index (χ0n) is 13.5. The van der Waals surface area contributed by atoms with Gasteiger partial charge in [0.25, 0.3) is 0 Å². The number of anilines is 1. The highest BCUT2D eigenvalue weighted by molar-refractivity contribution is 7.91. The van der Waals surface area contributed by atoms with Gasteiger partial charge in [0.2, 0.25) is 0 Å². The average molecular weight is 378 g/mol.